The zero-order chi connectivity index (χ0) is 21.8. The van der Waals surface area contributed by atoms with Crippen LogP contribution in [0.4, 0.5) is 5.69 Å². The van der Waals surface area contributed by atoms with Gasteiger partial charge in [-0.2, -0.15) is 0 Å². The molecule has 8 nitrogen and oxygen atoms in total. The lowest BCUT2D eigenvalue weighted by Crippen LogP contribution is -2.48. The Hall–Kier alpha value is -2.97. The first kappa shape index (κ1) is 20.9. The molecule has 8 heteroatoms. The lowest BCUT2D eigenvalue weighted by molar-refractivity contribution is 0.0906. The number of hydrogen-bond acceptors (Lipinski definition) is 7. The summed E-state index contributed by atoms with van der Waals surface area (Å²) in [6, 6.07) is 18.8. The van der Waals surface area contributed by atoms with Crippen LogP contribution >= 0.6 is 0 Å². The molecular formula is C24H30N6O2. The molecule has 3 heterocycles. The third kappa shape index (κ3) is 4.33. The molecule has 168 valence electrons. The lowest BCUT2D eigenvalue weighted by atomic mass is 10.0. The number of para-hydroxylation sites is 2. The Balaban J connectivity index is 1.38. The number of tetrazole rings is 1. The number of hydrogen-bond donors (Lipinski definition) is 0. The molecule has 2 aliphatic rings. The quantitative estimate of drug-likeness (QED) is 0.566. The van der Waals surface area contributed by atoms with Gasteiger partial charge < -0.3 is 14.4 Å². The summed E-state index contributed by atoms with van der Waals surface area (Å²) in [4.78, 5) is 4.88. The third-order valence-corrected chi connectivity index (χ3v) is 6.43. The standard InChI is InChI=1S/C24H30N6O2/c1-31-22-12-6-5-11-21(22)28-13-15-29(16-14-28)23(19-8-3-2-4-9-19)24-25-26-27-30(24)18-20-10-7-17-32-20/h2-6,8-9,11-12,20,23H,7,10,13-18H2,1H3/t20-,23+/m0/s1. The van der Waals surface area contributed by atoms with Crippen LogP contribution in [0.5, 0.6) is 5.75 Å². The predicted molar refractivity (Wildman–Crippen MR) is 122 cm³/mol. The van der Waals surface area contributed by atoms with Crippen LogP contribution in [0.3, 0.4) is 0 Å². The van der Waals surface area contributed by atoms with E-state index in [0.29, 0.717) is 6.54 Å². The summed E-state index contributed by atoms with van der Waals surface area (Å²) in [5.74, 6) is 1.80. The first-order valence-electron chi connectivity index (χ1n) is 11.4. The molecule has 0 amide bonds. The number of rotatable bonds is 7. The molecule has 1 aromatic heterocycles. The van der Waals surface area contributed by atoms with E-state index in [2.05, 4.69) is 67.8 Å². The van der Waals surface area contributed by atoms with Gasteiger partial charge in [-0.25, -0.2) is 4.68 Å². The van der Waals surface area contributed by atoms with Crippen LogP contribution in [0.2, 0.25) is 0 Å². The van der Waals surface area contributed by atoms with E-state index in [0.717, 1.165) is 62.9 Å². The highest BCUT2D eigenvalue weighted by Gasteiger charge is 2.32. The van der Waals surface area contributed by atoms with E-state index in [1.54, 1.807) is 7.11 Å². The van der Waals surface area contributed by atoms with Crippen molar-refractivity contribution in [2.24, 2.45) is 0 Å². The Labute approximate surface area is 188 Å². The first-order valence-corrected chi connectivity index (χ1v) is 11.4. The van der Waals surface area contributed by atoms with Crippen LogP contribution in [0, 0.1) is 0 Å². The van der Waals surface area contributed by atoms with E-state index >= 15 is 0 Å². The summed E-state index contributed by atoms with van der Waals surface area (Å²) < 4.78 is 13.4. The molecule has 0 spiro atoms. The fourth-order valence-electron chi connectivity index (χ4n) is 4.79. The van der Waals surface area contributed by atoms with Crippen molar-refractivity contribution in [1.82, 2.24) is 25.1 Å². The fraction of sp³-hybridized carbons (Fsp3) is 0.458. The molecule has 0 unspecified atom stereocenters. The van der Waals surface area contributed by atoms with Gasteiger partial charge in [0.25, 0.3) is 0 Å². The Bertz CT molecular complexity index is 996. The van der Waals surface area contributed by atoms with Crippen molar-refractivity contribution in [3.05, 3.63) is 66.0 Å². The van der Waals surface area contributed by atoms with Gasteiger partial charge in [-0.05, 0) is 41.0 Å². The van der Waals surface area contributed by atoms with Crippen LogP contribution in [-0.2, 0) is 11.3 Å². The van der Waals surface area contributed by atoms with Crippen LogP contribution in [-0.4, -0.2) is 71.1 Å². The van der Waals surface area contributed by atoms with Crippen molar-refractivity contribution < 1.29 is 9.47 Å². The van der Waals surface area contributed by atoms with E-state index in [-0.39, 0.29) is 12.1 Å². The number of benzene rings is 2. The van der Waals surface area contributed by atoms with Gasteiger partial charge in [-0.15, -0.1) is 5.10 Å². The maximum absolute atomic E-state index is 5.85. The molecule has 0 aliphatic carbocycles. The number of piperazine rings is 1. The number of anilines is 1. The van der Waals surface area contributed by atoms with Gasteiger partial charge >= 0.3 is 0 Å². The summed E-state index contributed by atoms with van der Waals surface area (Å²) in [6.45, 7) is 5.17. The monoisotopic (exact) mass is 434 g/mol. The number of methoxy groups -OCH3 is 1. The molecule has 32 heavy (non-hydrogen) atoms. The fourth-order valence-corrected chi connectivity index (χ4v) is 4.79. The average Bonchev–Trinajstić information content (AvgIpc) is 3.53. The van der Waals surface area contributed by atoms with Gasteiger partial charge in [0.15, 0.2) is 5.82 Å². The number of aromatic nitrogens is 4. The van der Waals surface area contributed by atoms with Crippen molar-refractivity contribution >= 4 is 5.69 Å². The smallest absolute Gasteiger partial charge is 0.173 e. The van der Waals surface area contributed by atoms with Crippen molar-refractivity contribution in [3.63, 3.8) is 0 Å². The molecule has 0 saturated carbocycles. The Morgan fingerprint density at radius 1 is 1.03 bits per heavy atom. The maximum atomic E-state index is 5.85. The predicted octanol–water partition coefficient (Wildman–Crippen LogP) is 2.77. The highest BCUT2D eigenvalue weighted by molar-refractivity contribution is 5.58. The summed E-state index contributed by atoms with van der Waals surface area (Å²) in [7, 11) is 1.73. The van der Waals surface area contributed by atoms with Crippen LogP contribution in [0.25, 0.3) is 0 Å². The molecule has 0 N–H and O–H groups in total. The summed E-state index contributed by atoms with van der Waals surface area (Å²) in [5, 5.41) is 12.9. The molecule has 3 aromatic rings. The summed E-state index contributed by atoms with van der Waals surface area (Å²) >= 11 is 0. The minimum Gasteiger partial charge on any atom is -0.495 e. The van der Waals surface area contributed by atoms with Gasteiger partial charge in [-0.1, -0.05) is 42.5 Å². The normalized spacial score (nSPS) is 20.4. The second-order valence-electron chi connectivity index (χ2n) is 8.36. The molecule has 2 fully saturated rings. The minimum absolute atomic E-state index is 0.00687. The second kappa shape index (κ2) is 9.67. The van der Waals surface area contributed by atoms with Crippen molar-refractivity contribution in [3.8, 4) is 5.75 Å². The average molecular weight is 435 g/mol. The first-order chi connectivity index (χ1) is 15.8. The van der Waals surface area contributed by atoms with Crippen LogP contribution in [0.15, 0.2) is 54.6 Å². The van der Waals surface area contributed by atoms with Crippen LogP contribution in [0.1, 0.15) is 30.3 Å². The molecular weight excluding hydrogens is 404 g/mol. The van der Waals surface area contributed by atoms with Crippen molar-refractivity contribution in [2.45, 2.75) is 31.5 Å². The van der Waals surface area contributed by atoms with Gasteiger partial charge in [-0.3, -0.25) is 4.90 Å². The van der Waals surface area contributed by atoms with Gasteiger partial charge in [0.05, 0.1) is 31.5 Å². The SMILES string of the molecule is COc1ccccc1N1CCN([C@H](c2ccccc2)c2nnnn2C[C@@H]2CCCO2)CC1. The Kier molecular flexibility index (Phi) is 6.31. The summed E-state index contributed by atoms with van der Waals surface area (Å²) in [5.41, 5.74) is 2.36. The highest BCUT2D eigenvalue weighted by Crippen LogP contribution is 2.32. The third-order valence-electron chi connectivity index (χ3n) is 6.43. The van der Waals surface area contributed by atoms with E-state index < -0.39 is 0 Å². The molecule has 5 rings (SSSR count). The molecule has 0 radical (unpaired) electrons. The van der Waals surface area contributed by atoms with Crippen LogP contribution < -0.4 is 9.64 Å². The van der Waals surface area contributed by atoms with E-state index in [1.165, 1.54) is 5.56 Å². The van der Waals surface area contributed by atoms with E-state index in [9.17, 15) is 0 Å². The van der Waals surface area contributed by atoms with E-state index in [1.807, 2.05) is 16.8 Å². The zero-order valence-electron chi connectivity index (χ0n) is 18.5. The lowest BCUT2D eigenvalue weighted by Gasteiger charge is -2.40. The second-order valence-corrected chi connectivity index (χ2v) is 8.36. The van der Waals surface area contributed by atoms with Crippen molar-refractivity contribution in [2.75, 3.05) is 44.8 Å². The molecule has 2 saturated heterocycles. The highest BCUT2D eigenvalue weighted by atomic mass is 16.5. The number of ether oxygens (including phenoxy) is 2. The zero-order valence-corrected chi connectivity index (χ0v) is 18.5. The number of nitrogens with zero attached hydrogens (tertiary/aromatic N) is 6. The molecule has 2 aliphatic heterocycles. The summed E-state index contributed by atoms with van der Waals surface area (Å²) in [6.07, 6.45) is 2.36. The van der Waals surface area contributed by atoms with Gasteiger partial charge in [0, 0.05) is 32.8 Å². The molecule has 0 bridgehead atoms. The van der Waals surface area contributed by atoms with Crippen molar-refractivity contribution in [1.29, 1.82) is 0 Å². The van der Waals surface area contributed by atoms with Gasteiger partial charge in [0.2, 0.25) is 0 Å². The largest absolute Gasteiger partial charge is 0.495 e. The van der Waals surface area contributed by atoms with Gasteiger partial charge in [0.1, 0.15) is 5.75 Å². The minimum atomic E-state index is 0.00687. The topological polar surface area (TPSA) is 68.5 Å². The Morgan fingerprint density at radius 3 is 2.56 bits per heavy atom. The van der Waals surface area contributed by atoms with E-state index in [4.69, 9.17) is 9.47 Å². The maximum Gasteiger partial charge on any atom is 0.173 e. The molecule has 2 aromatic carbocycles. The molecule has 2 atom stereocenters. The Morgan fingerprint density at radius 2 is 1.81 bits per heavy atom.